The molecule has 0 unspecified atom stereocenters. The molecule has 0 aliphatic heterocycles. The fourth-order valence-corrected chi connectivity index (χ4v) is 3.14. The van der Waals surface area contributed by atoms with Crippen LogP contribution in [0.5, 0.6) is 5.75 Å². The summed E-state index contributed by atoms with van der Waals surface area (Å²) in [6.07, 6.45) is 1.50. The second-order valence-electron chi connectivity index (χ2n) is 5.03. The summed E-state index contributed by atoms with van der Waals surface area (Å²) in [5.74, 6) is 0.151. The highest BCUT2D eigenvalue weighted by Gasteiger charge is 2.08. The standard InChI is InChI=1S/C17H18Cl3N3O/c1-3-23(4-2)13-6-5-11(16(24)9-13)10-21-22-17-14(19)7-12(18)8-15(17)20/h5-10,22,24H,3-4H2,1-2H3/b21-10+. The van der Waals surface area contributed by atoms with E-state index in [2.05, 4.69) is 29.3 Å². The Morgan fingerprint density at radius 3 is 2.25 bits per heavy atom. The monoisotopic (exact) mass is 385 g/mol. The molecule has 0 amide bonds. The molecule has 128 valence electrons. The van der Waals surface area contributed by atoms with Crippen LogP contribution in [0.2, 0.25) is 15.1 Å². The van der Waals surface area contributed by atoms with E-state index in [9.17, 15) is 5.11 Å². The number of benzene rings is 2. The molecule has 0 fully saturated rings. The van der Waals surface area contributed by atoms with E-state index in [0.717, 1.165) is 18.8 Å². The first kappa shape index (κ1) is 18.7. The Hall–Kier alpha value is -1.62. The Kier molecular flexibility index (Phi) is 6.60. The largest absolute Gasteiger partial charge is 0.507 e. The van der Waals surface area contributed by atoms with Gasteiger partial charge in [0.1, 0.15) is 5.75 Å². The average molecular weight is 387 g/mol. The summed E-state index contributed by atoms with van der Waals surface area (Å²) in [6.45, 7) is 5.88. The van der Waals surface area contributed by atoms with E-state index in [1.54, 1.807) is 24.3 Å². The summed E-state index contributed by atoms with van der Waals surface area (Å²) >= 11 is 18.0. The second-order valence-corrected chi connectivity index (χ2v) is 6.28. The van der Waals surface area contributed by atoms with Crippen LogP contribution in [0.4, 0.5) is 11.4 Å². The fraction of sp³-hybridized carbons (Fsp3) is 0.235. The average Bonchev–Trinajstić information content (AvgIpc) is 2.52. The summed E-state index contributed by atoms with van der Waals surface area (Å²) in [4.78, 5) is 2.14. The zero-order valence-electron chi connectivity index (χ0n) is 13.4. The highest BCUT2D eigenvalue weighted by Crippen LogP contribution is 2.33. The number of phenolic OH excluding ortho intramolecular Hbond substituents is 1. The number of nitrogens with one attached hydrogen (secondary N) is 1. The zero-order chi connectivity index (χ0) is 17.7. The van der Waals surface area contributed by atoms with E-state index in [1.807, 2.05) is 6.07 Å². The number of rotatable bonds is 6. The minimum Gasteiger partial charge on any atom is -0.507 e. The number of hydrogen-bond acceptors (Lipinski definition) is 4. The minimum atomic E-state index is 0.151. The fourth-order valence-electron chi connectivity index (χ4n) is 2.24. The Balaban J connectivity index is 2.15. The highest BCUT2D eigenvalue weighted by atomic mass is 35.5. The van der Waals surface area contributed by atoms with E-state index >= 15 is 0 Å². The molecule has 0 aromatic heterocycles. The van der Waals surface area contributed by atoms with Crippen molar-refractivity contribution >= 4 is 52.4 Å². The van der Waals surface area contributed by atoms with Crippen molar-refractivity contribution in [2.24, 2.45) is 5.10 Å². The molecule has 2 aromatic carbocycles. The van der Waals surface area contributed by atoms with Crippen molar-refractivity contribution in [2.45, 2.75) is 13.8 Å². The van der Waals surface area contributed by atoms with E-state index in [0.29, 0.717) is 26.3 Å². The van der Waals surface area contributed by atoms with E-state index in [-0.39, 0.29) is 5.75 Å². The summed E-state index contributed by atoms with van der Waals surface area (Å²) in [7, 11) is 0. The first-order valence-electron chi connectivity index (χ1n) is 7.47. The maximum atomic E-state index is 10.2. The van der Waals surface area contributed by atoms with Gasteiger partial charge in [-0.2, -0.15) is 5.10 Å². The maximum absolute atomic E-state index is 10.2. The van der Waals surface area contributed by atoms with Gasteiger partial charge in [-0.3, -0.25) is 5.43 Å². The lowest BCUT2D eigenvalue weighted by Crippen LogP contribution is -2.21. The van der Waals surface area contributed by atoms with Crippen molar-refractivity contribution in [3.8, 4) is 5.75 Å². The molecule has 2 rings (SSSR count). The quantitative estimate of drug-likeness (QED) is 0.498. The van der Waals surface area contributed by atoms with Crippen molar-refractivity contribution in [3.63, 3.8) is 0 Å². The van der Waals surface area contributed by atoms with Crippen LogP contribution in [-0.4, -0.2) is 24.4 Å². The third kappa shape index (κ3) is 4.47. The molecule has 0 heterocycles. The molecular weight excluding hydrogens is 369 g/mol. The van der Waals surface area contributed by atoms with Crippen molar-refractivity contribution in [2.75, 3.05) is 23.4 Å². The van der Waals surface area contributed by atoms with Crippen LogP contribution in [0.1, 0.15) is 19.4 Å². The van der Waals surface area contributed by atoms with Gasteiger partial charge in [0.2, 0.25) is 0 Å². The van der Waals surface area contributed by atoms with Gasteiger partial charge in [-0.05, 0) is 38.1 Å². The Morgan fingerprint density at radius 1 is 1.08 bits per heavy atom. The summed E-state index contributed by atoms with van der Waals surface area (Å²) in [5, 5.41) is 15.4. The lowest BCUT2D eigenvalue weighted by Gasteiger charge is -2.21. The van der Waals surface area contributed by atoms with Gasteiger partial charge in [0.25, 0.3) is 0 Å². The Morgan fingerprint density at radius 2 is 1.71 bits per heavy atom. The van der Waals surface area contributed by atoms with Crippen molar-refractivity contribution < 1.29 is 5.11 Å². The van der Waals surface area contributed by atoms with Crippen LogP contribution >= 0.6 is 34.8 Å². The van der Waals surface area contributed by atoms with Gasteiger partial charge in [0.05, 0.1) is 21.9 Å². The number of aromatic hydroxyl groups is 1. The number of anilines is 2. The van der Waals surface area contributed by atoms with Crippen molar-refractivity contribution in [1.29, 1.82) is 0 Å². The molecular formula is C17H18Cl3N3O. The van der Waals surface area contributed by atoms with Crippen molar-refractivity contribution in [1.82, 2.24) is 0 Å². The van der Waals surface area contributed by atoms with Crippen LogP contribution in [-0.2, 0) is 0 Å². The van der Waals surface area contributed by atoms with Gasteiger partial charge >= 0.3 is 0 Å². The van der Waals surface area contributed by atoms with E-state index in [1.165, 1.54) is 6.21 Å². The third-order valence-corrected chi connectivity index (χ3v) is 4.34. The molecule has 0 spiro atoms. The van der Waals surface area contributed by atoms with Crippen LogP contribution in [0, 0.1) is 0 Å². The van der Waals surface area contributed by atoms with Crippen LogP contribution in [0.3, 0.4) is 0 Å². The van der Waals surface area contributed by atoms with Gasteiger partial charge in [0.15, 0.2) is 0 Å². The van der Waals surface area contributed by atoms with Crippen LogP contribution < -0.4 is 10.3 Å². The van der Waals surface area contributed by atoms with E-state index in [4.69, 9.17) is 34.8 Å². The molecule has 0 aliphatic rings. The highest BCUT2D eigenvalue weighted by molar-refractivity contribution is 6.41. The van der Waals surface area contributed by atoms with Crippen LogP contribution in [0.25, 0.3) is 0 Å². The number of hydrogen-bond donors (Lipinski definition) is 2. The maximum Gasteiger partial charge on any atom is 0.126 e. The molecule has 2 aromatic rings. The predicted octanol–water partition coefficient (Wildman–Crippen LogP) is 5.64. The summed E-state index contributed by atoms with van der Waals surface area (Å²) in [6, 6.07) is 8.61. The molecule has 7 heteroatoms. The molecule has 0 radical (unpaired) electrons. The lowest BCUT2D eigenvalue weighted by molar-refractivity contribution is 0.474. The molecule has 0 aliphatic carbocycles. The van der Waals surface area contributed by atoms with Gasteiger partial charge in [-0.15, -0.1) is 0 Å². The summed E-state index contributed by atoms with van der Waals surface area (Å²) in [5.41, 5.74) is 4.77. The van der Waals surface area contributed by atoms with Gasteiger partial charge in [-0.25, -0.2) is 0 Å². The predicted molar refractivity (Wildman–Crippen MR) is 104 cm³/mol. The molecule has 24 heavy (non-hydrogen) atoms. The second kappa shape index (κ2) is 8.47. The molecule has 4 nitrogen and oxygen atoms in total. The first-order chi connectivity index (χ1) is 11.5. The van der Waals surface area contributed by atoms with Gasteiger partial charge in [-0.1, -0.05) is 34.8 Å². The topological polar surface area (TPSA) is 47.9 Å². The smallest absolute Gasteiger partial charge is 0.126 e. The molecule has 0 bridgehead atoms. The molecule has 0 saturated carbocycles. The van der Waals surface area contributed by atoms with E-state index < -0.39 is 0 Å². The normalized spacial score (nSPS) is 11.0. The SMILES string of the molecule is CCN(CC)c1ccc(/C=N/Nc2c(Cl)cc(Cl)cc2Cl)c(O)c1. The number of phenols is 1. The third-order valence-electron chi connectivity index (χ3n) is 3.53. The Labute approximate surface area is 156 Å². The number of halogens is 3. The van der Waals surface area contributed by atoms with Crippen molar-refractivity contribution in [3.05, 3.63) is 51.0 Å². The van der Waals surface area contributed by atoms with Gasteiger partial charge < -0.3 is 10.0 Å². The Bertz CT molecular complexity index is 723. The number of hydrazone groups is 1. The first-order valence-corrected chi connectivity index (χ1v) is 8.61. The molecule has 2 N–H and O–H groups in total. The lowest BCUT2D eigenvalue weighted by atomic mass is 10.2. The molecule has 0 atom stereocenters. The summed E-state index contributed by atoms with van der Waals surface area (Å²) < 4.78 is 0. The zero-order valence-corrected chi connectivity index (χ0v) is 15.6. The number of nitrogens with zero attached hydrogens (tertiary/aromatic N) is 2. The molecule has 0 saturated heterocycles. The van der Waals surface area contributed by atoms with Gasteiger partial charge in [0, 0.05) is 35.4 Å². The van der Waals surface area contributed by atoms with Crippen LogP contribution in [0.15, 0.2) is 35.4 Å². The minimum absolute atomic E-state index is 0.151.